The minimum atomic E-state index is -3.47. The van der Waals surface area contributed by atoms with Gasteiger partial charge in [0.1, 0.15) is 0 Å². The Labute approximate surface area is 96.0 Å². The lowest BCUT2D eigenvalue weighted by molar-refractivity contribution is 0.593. The molecule has 0 saturated heterocycles. The molecule has 0 bridgehead atoms. The molecule has 78 valence electrons. The van der Waals surface area contributed by atoms with Gasteiger partial charge < -0.3 is 0 Å². The average molecular weight is 300 g/mol. The van der Waals surface area contributed by atoms with Crippen molar-refractivity contribution in [2.45, 2.75) is 0 Å². The SMILES string of the molecule is CNS(=O)(=O)Nc1ccc(Cl)c(Br)c1. The van der Waals surface area contributed by atoms with Crippen LogP contribution in [0.1, 0.15) is 0 Å². The van der Waals surface area contributed by atoms with E-state index in [0.29, 0.717) is 15.2 Å². The molecule has 0 amide bonds. The molecule has 1 aromatic rings. The lowest BCUT2D eigenvalue weighted by Gasteiger charge is -2.06. The molecule has 0 aromatic heterocycles. The van der Waals surface area contributed by atoms with Crippen molar-refractivity contribution >= 4 is 43.4 Å². The van der Waals surface area contributed by atoms with Crippen molar-refractivity contribution in [1.29, 1.82) is 0 Å². The van der Waals surface area contributed by atoms with Gasteiger partial charge in [-0.05, 0) is 34.1 Å². The van der Waals surface area contributed by atoms with E-state index in [-0.39, 0.29) is 0 Å². The maximum atomic E-state index is 11.1. The first kappa shape index (κ1) is 11.8. The Morgan fingerprint density at radius 1 is 1.43 bits per heavy atom. The molecule has 2 N–H and O–H groups in total. The second-order valence-electron chi connectivity index (χ2n) is 2.44. The van der Waals surface area contributed by atoms with Gasteiger partial charge in [0, 0.05) is 11.5 Å². The number of nitrogens with one attached hydrogen (secondary N) is 2. The Bertz CT molecular complexity index is 435. The van der Waals surface area contributed by atoms with E-state index in [1.807, 2.05) is 0 Å². The summed E-state index contributed by atoms with van der Waals surface area (Å²) in [6.45, 7) is 0. The maximum absolute atomic E-state index is 11.1. The fourth-order valence-electron chi connectivity index (χ4n) is 0.766. The third-order valence-electron chi connectivity index (χ3n) is 1.44. The lowest BCUT2D eigenvalue weighted by atomic mass is 10.3. The first-order valence-corrected chi connectivity index (χ1v) is 6.26. The molecule has 0 heterocycles. The summed E-state index contributed by atoms with van der Waals surface area (Å²) < 4.78 is 27.3. The molecule has 1 aromatic carbocycles. The first-order valence-electron chi connectivity index (χ1n) is 3.61. The quantitative estimate of drug-likeness (QED) is 0.896. The molecule has 0 aliphatic rings. The zero-order chi connectivity index (χ0) is 10.8. The lowest BCUT2D eigenvalue weighted by Crippen LogP contribution is -2.26. The second-order valence-corrected chi connectivity index (χ2v) is 5.32. The minimum Gasteiger partial charge on any atom is -0.271 e. The molecule has 0 radical (unpaired) electrons. The maximum Gasteiger partial charge on any atom is 0.298 e. The Morgan fingerprint density at radius 3 is 2.57 bits per heavy atom. The molecular formula is C7H8BrClN2O2S. The summed E-state index contributed by atoms with van der Waals surface area (Å²) in [5.74, 6) is 0. The topological polar surface area (TPSA) is 58.2 Å². The third kappa shape index (κ3) is 3.13. The van der Waals surface area contributed by atoms with Gasteiger partial charge in [0.05, 0.1) is 10.7 Å². The number of rotatable bonds is 3. The molecule has 1 rings (SSSR count). The van der Waals surface area contributed by atoms with Crippen molar-refractivity contribution in [2.24, 2.45) is 0 Å². The van der Waals surface area contributed by atoms with Gasteiger partial charge in [0.25, 0.3) is 10.2 Å². The zero-order valence-electron chi connectivity index (χ0n) is 7.21. The molecule has 0 aliphatic carbocycles. The molecule has 0 atom stereocenters. The highest BCUT2D eigenvalue weighted by molar-refractivity contribution is 9.10. The van der Waals surface area contributed by atoms with Crippen molar-refractivity contribution in [1.82, 2.24) is 4.72 Å². The van der Waals surface area contributed by atoms with Crippen LogP contribution in [0.15, 0.2) is 22.7 Å². The van der Waals surface area contributed by atoms with Gasteiger partial charge in [0.15, 0.2) is 0 Å². The summed E-state index contributed by atoms with van der Waals surface area (Å²) in [7, 11) is -2.14. The number of benzene rings is 1. The standard InChI is InChI=1S/C7H8BrClN2O2S/c1-10-14(12,13)11-5-2-3-7(9)6(8)4-5/h2-4,10-11H,1H3. The van der Waals surface area contributed by atoms with Crippen molar-refractivity contribution in [3.63, 3.8) is 0 Å². The van der Waals surface area contributed by atoms with E-state index in [9.17, 15) is 8.42 Å². The largest absolute Gasteiger partial charge is 0.298 e. The number of anilines is 1. The molecule has 4 nitrogen and oxygen atoms in total. The summed E-state index contributed by atoms with van der Waals surface area (Å²) in [5, 5.41) is 0.525. The fourth-order valence-corrected chi connectivity index (χ4v) is 1.80. The van der Waals surface area contributed by atoms with Crippen LogP contribution in [0.3, 0.4) is 0 Å². The zero-order valence-corrected chi connectivity index (χ0v) is 10.4. The summed E-state index contributed by atoms with van der Waals surface area (Å²) in [4.78, 5) is 0. The Hall–Kier alpha value is -0.300. The number of hydrogen-bond donors (Lipinski definition) is 2. The number of halogens is 2. The van der Waals surface area contributed by atoms with Crippen LogP contribution in [-0.2, 0) is 10.2 Å². The van der Waals surface area contributed by atoms with Gasteiger partial charge in [-0.1, -0.05) is 11.6 Å². The van der Waals surface area contributed by atoms with E-state index in [2.05, 4.69) is 25.4 Å². The van der Waals surface area contributed by atoms with Gasteiger partial charge in [-0.2, -0.15) is 8.42 Å². The van der Waals surface area contributed by atoms with Crippen molar-refractivity contribution in [2.75, 3.05) is 11.8 Å². The van der Waals surface area contributed by atoms with E-state index < -0.39 is 10.2 Å². The summed E-state index contributed by atoms with van der Waals surface area (Å²) in [6.07, 6.45) is 0. The molecule has 0 unspecified atom stereocenters. The van der Waals surface area contributed by atoms with Crippen molar-refractivity contribution in [3.05, 3.63) is 27.7 Å². The van der Waals surface area contributed by atoms with E-state index in [1.54, 1.807) is 18.2 Å². The molecule has 0 saturated carbocycles. The van der Waals surface area contributed by atoms with Crippen molar-refractivity contribution < 1.29 is 8.42 Å². The van der Waals surface area contributed by atoms with Crippen LogP contribution in [-0.4, -0.2) is 15.5 Å². The van der Waals surface area contributed by atoms with Gasteiger partial charge in [-0.15, -0.1) is 0 Å². The predicted octanol–water partition coefficient (Wildman–Crippen LogP) is 1.98. The normalized spacial score (nSPS) is 11.4. The highest BCUT2D eigenvalue weighted by atomic mass is 79.9. The molecule has 14 heavy (non-hydrogen) atoms. The Morgan fingerprint density at radius 2 is 2.07 bits per heavy atom. The first-order chi connectivity index (χ1) is 6.44. The average Bonchev–Trinajstić information content (AvgIpc) is 2.11. The van der Waals surface area contributed by atoms with E-state index in [4.69, 9.17) is 11.6 Å². The minimum absolute atomic E-state index is 0.440. The third-order valence-corrected chi connectivity index (χ3v) is 3.70. The Balaban J connectivity index is 2.94. The van der Waals surface area contributed by atoms with Gasteiger partial charge in [-0.25, -0.2) is 4.72 Å². The van der Waals surface area contributed by atoms with Crippen LogP contribution in [0.25, 0.3) is 0 Å². The molecule has 0 fully saturated rings. The summed E-state index contributed by atoms with van der Waals surface area (Å²) in [6, 6.07) is 4.75. The van der Waals surface area contributed by atoms with Gasteiger partial charge in [-0.3, -0.25) is 4.72 Å². The van der Waals surface area contributed by atoms with E-state index in [0.717, 1.165) is 0 Å². The van der Waals surface area contributed by atoms with Gasteiger partial charge >= 0.3 is 0 Å². The molecule has 0 aliphatic heterocycles. The van der Waals surface area contributed by atoms with Crippen LogP contribution in [0.2, 0.25) is 5.02 Å². The second kappa shape index (κ2) is 4.48. The fraction of sp³-hybridized carbons (Fsp3) is 0.143. The Kier molecular flexibility index (Phi) is 3.77. The van der Waals surface area contributed by atoms with Crippen molar-refractivity contribution in [3.8, 4) is 0 Å². The van der Waals surface area contributed by atoms with Crippen LogP contribution in [0.4, 0.5) is 5.69 Å². The number of hydrogen-bond acceptors (Lipinski definition) is 2. The van der Waals surface area contributed by atoms with E-state index in [1.165, 1.54) is 7.05 Å². The summed E-state index contributed by atoms with van der Waals surface area (Å²) in [5.41, 5.74) is 0.440. The van der Waals surface area contributed by atoms with Gasteiger partial charge in [0.2, 0.25) is 0 Å². The molecule has 0 spiro atoms. The predicted molar refractivity (Wildman–Crippen MR) is 60.8 cm³/mol. The monoisotopic (exact) mass is 298 g/mol. The smallest absolute Gasteiger partial charge is 0.271 e. The molecular weight excluding hydrogens is 292 g/mol. The van der Waals surface area contributed by atoms with Crippen LogP contribution >= 0.6 is 27.5 Å². The van der Waals surface area contributed by atoms with Crippen LogP contribution in [0.5, 0.6) is 0 Å². The summed E-state index contributed by atoms with van der Waals surface area (Å²) >= 11 is 8.93. The van der Waals surface area contributed by atoms with E-state index >= 15 is 0 Å². The molecule has 7 heteroatoms. The highest BCUT2D eigenvalue weighted by Crippen LogP contribution is 2.25. The van der Waals surface area contributed by atoms with Crippen LogP contribution < -0.4 is 9.44 Å². The highest BCUT2D eigenvalue weighted by Gasteiger charge is 2.06. The van der Waals surface area contributed by atoms with Crippen LogP contribution in [0, 0.1) is 0 Å².